The number of carbonyl (C=O) groups is 3. The lowest BCUT2D eigenvalue weighted by molar-refractivity contribution is -0.307. The highest BCUT2D eigenvalue weighted by atomic mass is 16.7. The van der Waals surface area contributed by atoms with Crippen LogP contribution in [0.4, 0.5) is 0 Å². The highest BCUT2D eigenvalue weighted by molar-refractivity contribution is 5.78. The minimum Gasteiger partial charge on any atom is -0.481 e. The second-order valence-electron chi connectivity index (χ2n) is 23.7. The first-order chi connectivity index (χ1) is 44.4. The number of aliphatic hydroxyl groups excluding tert-OH is 9. The van der Waals surface area contributed by atoms with Crippen LogP contribution < -0.4 is 14.2 Å². The molecule has 12 atom stereocenters. The second kappa shape index (κ2) is 28.5. The molecule has 0 saturated carbocycles. The van der Waals surface area contributed by atoms with Gasteiger partial charge in [-0.15, -0.1) is 0 Å². The highest BCUT2D eigenvalue weighted by Crippen LogP contribution is 2.41. The fourth-order valence-corrected chi connectivity index (χ4v) is 11.9. The molecule has 7 aromatic carbocycles. The Kier molecular flexibility index (Phi) is 20.8. The maximum Gasteiger partial charge on any atom is 0.307 e. The smallest absolute Gasteiger partial charge is 0.307 e. The van der Waals surface area contributed by atoms with Gasteiger partial charge in [0.15, 0.2) is 0 Å². The summed E-state index contributed by atoms with van der Waals surface area (Å²) in [6.07, 6.45) is -15.1. The van der Waals surface area contributed by atoms with Gasteiger partial charge in [-0.25, -0.2) is 0 Å². The van der Waals surface area contributed by atoms with Crippen molar-refractivity contribution in [3.05, 3.63) is 196 Å². The molecule has 0 bridgehead atoms. The van der Waals surface area contributed by atoms with E-state index in [1.165, 1.54) is 0 Å². The molecule has 15 N–H and O–H groups in total. The Morgan fingerprint density at radius 1 is 0.366 bits per heavy atom. The largest absolute Gasteiger partial charge is 0.481 e. The number of ether oxygens (including phenoxy) is 6. The van der Waals surface area contributed by atoms with E-state index in [-0.39, 0.29) is 55.8 Å². The van der Waals surface area contributed by atoms with Crippen LogP contribution in [0.1, 0.15) is 50.1 Å². The summed E-state index contributed by atoms with van der Waals surface area (Å²) in [5, 5.41) is 159. The van der Waals surface area contributed by atoms with Gasteiger partial charge in [0, 0.05) is 16.7 Å². The zero-order valence-corrected chi connectivity index (χ0v) is 49.9. The Labute approximate surface area is 532 Å². The highest BCUT2D eigenvalue weighted by Gasteiger charge is 2.53. The maximum atomic E-state index is 11.9. The molecule has 10 rings (SSSR count). The Hall–Kier alpha value is -8.25. The molecule has 0 amide bonds. The summed E-state index contributed by atoms with van der Waals surface area (Å²) in [5.41, 5.74) is 7.91. The summed E-state index contributed by atoms with van der Waals surface area (Å²) in [4.78, 5) is 35.8. The van der Waals surface area contributed by atoms with E-state index < -0.39 is 130 Å². The minimum atomic E-state index is -2.52. The van der Waals surface area contributed by atoms with E-state index in [9.17, 15) is 91.0 Å². The summed E-state index contributed by atoms with van der Waals surface area (Å²) in [6, 6.07) is 40.8. The van der Waals surface area contributed by atoms with Crippen LogP contribution in [0.3, 0.4) is 0 Å². The van der Waals surface area contributed by atoms with Crippen LogP contribution in [-0.2, 0) is 67.1 Å². The number of carboxylic acid groups (broad SMARTS) is 3. The van der Waals surface area contributed by atoms with Crippen molar-refractivity contribution in [1.82, 2.24) is 0 Å². The van der Waals surface area contributed by atoms with Gasteiger partial charge in [0.1, 0.15) is 92.0 Å². The lowest BCUT2D eigenvalue weighted by Gasteiger charge is -2.42. The van der Waals surface area contributed by atoms with E-state index in [4.69, 9.17) is 28.4 Å². The first-order valence-electron chi connectivity index (χ1n) is 29.8. The van der Waals surface area contributed by atoms with Crippen molar-refractivity contribution in [1.29, 1.82) is 0 Å². The van der Waals surface area contributed by atoms with Crippen molar-refractivity contribution >= 4 is 17.9 Å². The van der Waals surface area contributed by atoms with Crippen LogP contribution >= 0.6 is 0 Å². The van der Waals surface area contributed by atoms with Crippen LogP contribution in [0.5, 0.6) is 17.2 Å². The van der Waals surface area contributed by atoms with Crippen molar-refractivity contribution in [2.45, 2.75) is 111 Å². The Balaban J connectivity index is 1.08. The molecule has 0 spiro atoms. The lowest BCUT2D eigenvalue weighted by Crippen LogP contribution is -2.64. The van der Waals surface area contributed by atoms with Gasteiger partial charge in [-0.05, 0) is 122 Å². The summed E-state index contributed by atoms with van der Waals surface area (Å²) >= 11 is 0. The Morgan fingerprint density at radius 2 is 0.634 bits per heavy atom. The van der Waals surface area contributed by atoms with E-state index in [1.807, 2.05) is 18.2 Å². The van der Waals surface area contributed by atoms with E-state index >= 15 is 0 Å². The van der Waals surface area contributed by atoms with Crippen LogP contribution in [0.15, 0.2) is 146 Å². The number of rotatable bonds is 24. The second-order valence-corrected chi connectivity index (χ2v) is 23.7. The molecule has 24 nitrogen and oxygen atoms in total. The molecule has 3 aliphatic heterocycles. The summed E-state index contributed by atoms with van der Waals surface area (Å²) in [6.45, 7) is -3.93. The lowest BCUT2D eigenvalue weighted by atomic mass is 9.91. The van der Waals surface area contributed by atoms with Crippen molar-refractivity contribution in [3.63, 3.8) is 0 Å². The average molecular weight is 1290 g/mol. The van der Waals surface area contributed by atoms with Gasteiger partial charge in [-0.1, -0.05) is 109 Å². The van der Waals surface area contributed by atoms with Crippen molar-refractivity contribution in [2.75, 3.05) is 39.6 Å². The maximum absolute atomic E-state index is 11.9. The number of hydrogen-bond donors (Lipinski definition) is 15. The number of aliphatic hydroxyl groups is 12. The first-order valence-corrected chi connectivity index (χ1v) is 29.8. The van der Waals surface area contributed by atoms with E-state index in [0.29, 0.717) is 66.8 Å². The molecule has 3 heterocycles. The van der Waals surface area contributed by atoms with E-state index in [2.05, 4.69) is 0 Å². The average Bonchev–Trinajstić information content (AvgIpc) is 0.815. The first kappa shape index (κ1) is 67.6. The van der Waals surface area contributed by atoms with Gasteiger partial charge < -0.3 is 105 Å². The van der Waals surface area contributed by atoms with Gasteiger partial charge in [-0.3, -0.25) is 14.4 Å². The predicted octanol–water partition coefficient (Wildman–Crippen LogP) is 1.88. The molecule has 492 valence electrons. The van der Waals surface area contributed by atoms with Crippen molar-refractivity contribution in [2.24, 2.45) is 0 Å². The molecule has 0 aliphatic carbocycles. The quantitative estimate of drug-likeness (QED) is 0.0384. The van der Waals surface area contributed by atoms with E-state index in [1.54, 1.807) is 127 Å². The zero-order valence-electron chi connectivity index (χ0n) is 49.9. The number of aliphatic carboxylic acids is 3. The molecule has 7 aromatic rings. The van der Waals surface area contributed by atoms with Crippen LogP contribution in [-0.4, -0.2) is 206 Å². The molecule has 93 heavy (non-hydrogen) atoms. The standard InChI is InChI=1S/C69H72O24/c70-31-55-61(79)64(82)67(85,34-88-55)91-52-13-10-40(25-49(52)46-7-1-4-37(22-46)28-58(73)74)16-43-19-44(17-41-11-14-53(92-68(86)35-89-56(32-71)62(80)65(68)83)50(26-41)47-8-2-5-38(23-47)29-59(75)76)21-45(20-43)18-42-12-15-54(93-69(87)36-90-57(33-72)63(81)66(69)84)51(27-42)48-9-3-6-39(24-48)30-60(77)78/h1-15,19-27,55-57,61-66,70-72,79-87H,16-18,28-36H2,(H,73,74)(H,75,76)(H,77,78)/t55-,56-,57-,61-,62-,63-,64+,65+,66+,67-,68-,69-/m1/s1. The molecule has 3 fully saturated rings. The summed E-state index contributed by atoms with van der Waals surface area (Å²) < 4.78 is 34.9. The van der Waals surface area contributed by atoms with Crippen molar-refractivity contribution in [3.8, 4) is 50.6 Å². The molecule has 0 aromatic heterocycles. The van der Waals surface area contributed by atoms with Gasteiger partial charge in [0.25, 0.3) is 17.4 Å². The summed E-state index contributed by atoms with van der Waals surface area (Å²) in [5.74, 6) is -10.8. The fraction of sp³-hybridized carbons (Fsp3) is 0.348. The normalized spacial score (nSPS) is 26.3. The van der Waals surface area contributed by atoms with Gasteiger partial charge in [0.2, 0.25) is 0 Å². The summed E-state index contributed by atoms with van der Waals surface area (Å²) in [7, 11) is 0. The minimum absolute atomic E-state index is 0.0141. The van der Waals surface area contributed by atoms with Crippen molar-refractivity contribution < 1.29 is 119 Å². The van der Waals surface area contributed by atoms with E-state index in [0.717, 1.165) is 16.7 Å². The molecule has 24 heteroatoms. The van der Waals surface area contributed by atoms with Gasteiger partial charge in [0.05, 0.1) is 39.1 Å². The Morgan fingerprint density at radius 3 is 0.882 bits per heavy atom. The molecule has 3 saturated heterocycles. The third-order valence-corrected chi connectivity index (χ3v) is 16.7. The molecule has 3 aliphatic rings. The predicted molar refractivity (Wildman–Crippen MR) is 328 cm³/mol. The fourth-order valence-electron chi connectivity index (χ4n) is 11.9. The monoisotopic (exact) mass is 1280 g/mol. The number of carboxylic acids is 3. The zero-order chi connectivity index (χ0) is 66.5. The topological polar surface area (TPSA) is 410 Å². The molecular weight excluding hydrogens is 1210 g/mol. The number of hydrogen-bond acceptors (Lipinski definition) is 21. The molecule has 0 radical (unpaired) electrons. The van der Waals surface area contributed by atoms with Gasteiger partial charge >= 0.3 is 17.9 Å². The molecular formula is C69H72O24. The number of benzene rings is 7. The third kappa shape index (κ3) is 15.5. The molecule has 0 unspecified atom stereocenters. The SMILES string of the molecule is O=C(O)Cc1cccc(-c2cc(Cc3cc(Cc4ccc(O[C@]5(O)CO[C@H](CO)[C@@H](O)[C@@H]5O)c(-c5cccc(CC(=O)O)c5)c4)cc(Cc4ccc(O[C@]5(O)CO[C@H](CO)[C@@H](O)[C@@H]5O)c(-c5cccc(CC(=O)O)c5)c4)c3)ccc2O[C@]2(O)CO[C@H](CO)[C@@H](O)[C@@H]2O)c1. The van der Waals surface area contributed by atoms with Gasteiger partial charge in [-0.2, -0.15) is 0 Å². The van der Waals surface area contributed by atoms with Crippen LogP contribution in [0.2, 0.25) is 0 Å². The van der Waals surface area contributed by atoms with Crippen LogP contribution in [0.25, 0.3) is 33.4 Å². The van der Waals surface area contributed by atoms with Crippen LogP contribution in [0, 0.1) is 0 Å². The Bertz CT molecular complexity index is 3440. The third-order valence-electron chi connectivity index (χ3n) is 16.7.